The molecule has 1 aromatic carbocycles. The molecule has 3 rings (SSSR count). The van der Waals surface area contributed by atoms with Crippen LogP contribution in [0.3, 0.4) is 0 Å². The fourth-order valence-corrected chi connectivity index (χ4v) is 4.09. The van der Waals surface area contributed by atoms with E-state index in [-0.39, 0.29) is 24.0 Å². The highest BCUT2D eigenvalue weighted by molar-refractivity contribution is 7.98. The first-order valence-corrected chi connectivity index (χ1v) is 11.0. The molecule has 7 nitrogen and oxygen atoms in total. The molecular formula is C18H24F2N6OS2. The average molecular weight is 443 g/mol. The molecule has 0 saturated carbocycles. The van der Waals surface area contributed by atoms with E-state index >= 15 is 0 Å². The molecule has 1 atom stereocenters. The predicted octanol–water partition coefficient (Wildman–Crippen LogP) is 2.72. The van der Waals surface area contributed by atoms with Crippen LogP contribution in [0.2, 0.25) is 0 Å². The Labute approximate surface area is 177 Å². The average Bonchev–Trinajstić information content (AvgIpc) is 2.74. The number of rotatable bonds is 9. The van der Waals surface area contributed by atoms with Crippen LogP contribution >= 0.6 is 23.9 Å². The Hall–Kier alpha value is -1.66. The minimum Gasteiger partial charge on any atom is -0.394 e. The zero-order chi connectivity index (χ0) is 20.6. The molecule has 29 heavy (non-hydrogen) atoms. The molecule has 2 aromatic rings. The zero-order valence-electron chi connectivity index (χ0n) is 16.0. The van der Waals surface area contributed by atoms with Crippen molar-refractivity contribution in [1.29, 1.82) is 0 Å². The number of hydrogen-bond acceptors (Lipinski definition) is 9. The quantitative estimate of drug-likeness (QED) is 0.266. The minimum atomic E-state index is -0.869. The van der Waals surface area contributed by atoms with Gasteiger partial charge in [0, 0.05) is 61.7 Å². The number of anilines is 2. The molecule has 0 spiro atoms. The molecule has 1 aliphatic rings. The smallest absolute Gasteiger partial charge is 0.191 e. The predicted molar refractivity (Wildman–Crippen MR) is 114 cm³/mol. The van der Waals surface area contributed by atoms with Gasteiger partial charge in [-0.25, -0.2) is 23.1 Å². The summed E-state index contributed by atoms with van der Waals surface area (Å²) in [5.74, 6) is -0.375. The molecular weight excluding hydrogens is 418 g/mol. The lowest BCUT2D eigenvalue weighted by atomic mass is 10.2. The van der Waals surface area contributed by atoms with E-state index in [9.17, 15) is 13.9 Å². The highest BCUT2D eigenvalue weighted by atomic mass is 32.2. The first-order chi connectivity index (χ1) is 14.0. The SMILES string of the molecule is C[C@H](CO)Nc1cc(NSN2CCNCC2)nc(SCc2cccc(F)c2F)n1. The number of aliphatic hydroxyl groups excluding tert-OH is 1. The van der Waals surface area contributed by atoms with Crippen molar-refractivity contribution in [1.82, 2.24) is 19.6 Å². The molecule has 2 heterocycles. The van der Waals surface area contributed by atoms with Crippen LogP contribution in [-0.2, 0) is 5.75 Å². The number of aromatic nitrogens is 2. The van der Waals surface area contributed by atoms with Crippen LogP contribution in [0.1, 0.15) is 12.5 Å². The fourth-order valence-electron chi connectivity index (χ4n) is 2.56. The zero-order valence-corrected chi connectivity index (χ0v) is 17.6. The van der Waals surface area contributed by atoms with Gasteiger partial charge in [0.25, 0.3) is 0 Å². The summed E-state index contributed by atoms with van der Waals surface area (Å²) in [5.41, 5.74) is 0.255. The highest BCUT2D eigenvalue weighted by Crippen LogP contribution is 2.26. The third-order valence-electron chi connectivity index (χ3n) is 4.12. The lowest BCUT2D eigenvalue weighted by molar-refractivity contribution is 0.281. The molecule has 158 valence electrons. The fraction of sp³-hybridized carbons (Fsp3) is 0.444. The monoisotopic (exact) mass is 442 g/mol. The van der Waals surface area contributed by atoms with Crippen molar-refractivity contribution in [2.45, 2.75) is 23.9 Å². The second-order valence-corrected chi connectivity index (χ2v) is 8.37. The van der Waals surface area contributed by atoms with Gasteiger partial charge in [0.2, 0.25) is 0 Å². The summed E-state index contributed by atoms with van der Waals surface area (Å²) in [6.07, 6.45) is 0. The van der Waals surface area contributed by atoms with Crippen LogP contribution in [0.25, 0.3) is 0 Å². The molecule has 4 N–H and O–H groups in total. The Bertz CT molecular complexity index is 810. The van der Waals surface area contributed by atoms with Gasteiger partial charge in [-0.2, -0.15) is 0 Å². The maximum absolute atomic E-state index is 13.9. The molecule has 0 aliphatic carbocycles. The Balaban J connectivity index is 1.71. The summed E-state index contributed by atoms with van der Waals surface area (Å²) < 4.78 is 32.7. The van der Waals surface area contributed by atoms with Gasteiger partial charge in [-0.3, -0.25) is 0 Å². The van der Waals surface area contributed by atoms with Gasteiger partial charge in [-0.1, -0.05) is 23.9 Å². The maximum Gasteiger partial charge on any atom is 0.191 e. The van der Waals surface area contributed by atoms with Gasteiger partial charge >= 0.3 is 0 Å². The number of hydrogen-bond donors (Lipinski definition) is 4. The van der Waals surface area contributed by atoms with Gasteiger partial charge < -0.3 is 20.5 Å². The van der Waals surface area contributed by atoms with Crippen molar-refractivity contribution >= 4 is 35.5 Å². The second-order valence-electron chi connectivity index (χ2n) is 6.52. The molecule has 0 radical (unpaired) electrons. The number of nitrogens with zero attached hydrogens (tertiary/aromatic N) is 3. The van der Waals surface area contributed by atoms with Crippen LogP contribution in [0, 0.1) is 11.6 Å². The Morgan fingerprint density at radius 1 is 1.24 bits per heavy atom. The number of aliphatic hydroxyl groups is 1. The van der Waals surface area contributed by atoms with E-state index in [1.165, 1.54) is 30.0 Å². The van der Waals surface area contributed by atoms with Gasteiger partial charge in [0.15, 0.2) is 16.8 Å². The summed E-state index contributed by atoms with van der Waals surface area (Å²) >= 11 is 2.69. The lowest BCUT2D eigenvalue weighted by Crippen LogP contribution is -2.40. The van der Waals surface area contributed by atoms with E-state index in [2.05, 4.69) is 29.6 Å². The number of piperazine rings is 1. The van der Waals surface area contributed by atoms with Crippen molar-refractivity contribution in [3.8, 4) is 0 Å². The molecule has 1 fully saturated rings. The van der Waals surface area contributed by atoms with E-state index in [1.54, 1.807) is 12.1 Å². The van der Waals surface area contributed by atoms with Crippen LogP contribution in [-0.4, -0.2) is 58.2 Å². The van der Waals surface area contributed by atoms with Crippen LogP contribution < -0.4 is 15.4 Å². The number of halogens is 2. The lowest BCUT2D eigenvalue weighted by Gasteiger charge is -2.25. The van der Waals surface area contributed by atoms with Crippen molar-refractivity contribution in [2.75, 3.05) is 42.8 Å². The largest absolute Gasteiger partial charge is 0.394 e. The summed E-state index contributed by atoms with van der Waals surface area (Å²) in [6.45, 7) is 5.48. The minimum absolute atomic E-state index is 0.0424. The topological polar surface area (TPSA) is 85.3 Å². The summed E-state index contributed by atoms with van der Waals surface area (Å²) in [7, 11) is 0. The Morgan fingerprint density at radius 2 is 2.00 bits per heavy atom. The molecule has 11 heteroatoms. The van der Waals surface area contributed by atoms with Crippen molar-refractivity contribution in [3.05, 3.63) is 41.5 Å². The summed E-state index contributed by atoms with van der Waals surface area (Å²) in [4.78, 5) is 8.90. The van der Waals surface area contributed by atoms with Crippen LogP contribution in [0.4, 0.5) is 20.4 Å². The first-order valence-electron chi connectivity index (χ1n) is 9.26. The third-order valence-corrected chi connectivity index (χ3v) is 5.94. The molecule has 1 saturated heterocycles. The van der Waals surface area contributed by atoms with Crippen molar-refractivity contribution in [3.63, 3.8) is 0 Å². The Kier molecular flexibility index (Phi) is 8.30. The normalized spacial score (nSPS) is 15.9. The molecule has 0 bridgehead atoms. The van der Waals surface area contributed by atoms with Gasteiger partial charge in [-0.05, 0) is 13.0 Å². The van der Waals surface area contributed by atoms with Gasteiger partial charge in [0.1, 0.15) is 11.6 Å². The van der Waals surface area contributed by atoms with E-state index in [0.29, 0.717) is 16.8 Å². The number of thioether (sulfide) groups is 1. The van der Waals surface area contributed by atoms with E-state index in [4.69, 9.17) is 0 Å². The van der Waals surface area contributed by atoms with E-state index in [1.807, 2.05) is 6.92 Å². The van der Waals surface area contributed by atoms with Crippen molar-refractivity contribution < 1.29 is 13.9 Å². The Morgan fingerprint density at radius 3 is 2.76 bits per heavy atom. The summed E-state index contributed by atoms with van der Waals surface area (Å²) in [5, 5.41) is 16.1. The standard InChI is InChI=1S/C18H24F2N6OS2/c1-12(10-27)22-15-9-16(25-29-26-7-5-21-6-8-26)24-18(23-15)28-11-13-3-2-4-14(19)17(13)20/h2-4,9,12,21,27H,5-8,10-11H2,1H3,(H2,22,23,24,25)/t12-/m1/s1. The molecule has 1 aliphatic heterocycles. The van der Waals surface area contributed by atoms with Gasteiger partial charge in [0.05, 0.1) is 6.61 Å². The van der Waals surface area contributed by atoms with E-state index in [0.717, 1.165) is 32.2 Å². The van der Waals surface area contributed by atoms with Crippen LogP contribution in [0.15, 0.2) is 29.4 Å². The van der Waals surface area contributed by atoms with Crippen LogP contribution in [0.5, 0.6) is 0 Å². The first kappa shape index (κ1) is 22.0. The second kappa shape index (κ2) is 10.9. The third kappa shape index (κ3) is 6.68. The maximum atomic E-state index is 13.9. The number of nitrogens with one attached hydrogen (secondary N) is 3. The van der Waals surface area contributed by atoms with E-state index < -0.39 is 11.6 Å². The highest BCUT2D eigenvalue weighted by Gasteiger charge is 2.14. The molecule has 0 amide bonds. The summed E-state index contributed by atoms with van der Waals surface area (Å²) in [6, 6.07) is 5.69. The van der Waals surface area contributed by atoms with Gasteiger partial charge in [-0.15, -0.1) is 0 Å². The molecule has 1 aromatic heterocycles. The van der Waals surface area contributed by atoms with Crippen molar-refractivity contribution in [2.24, 2.45) is 0 Å². The molecule has 0 unspecified atom stereocenters. The number of benzene rings is 1.